The van der Waals surface area contributed by atoms with E-state index in [1.54, 1.807) is 11.8 Å². The maximum absolute atomic E-state index is 5.96. The molecule has 0 bridgehead atoms. The fraction of sp³-hybridized carbons (Fsp3) is 0.238. The zero-order chi connectivity index (χ0) is 17.8. The van der Waals surface area contributed by atoms with Crippen LogP contribution in [-0.4, -0.2) is 12.7 Å². The van der Waals surface area contributed by atoms with Crippen LogP contribution in [0.3, 0.4) is 0 Å². The van der Waals surface area contributed by atoms with Gasteiger partial charge in [0.2, 0.25) is 0 Å². The molecule has 0 aliphatic carbocycles. The number of aryl methyl sites for hydroxylation is 2. The molecule has 2 aromatic carbocycles. The van der Waals surface area contributed by atoms with Gasteiger partial charge in [-0.25, -0.2) is 0 Å². The van der Waals surface area contributed by atoms with Crippen molar-refractivity contribution in [3.8, 4) is 11.5 Å². The van der Waals surface area contributed by atoms with E-state index in [2.05, 4.69) is 31.1 Å². The SMILES string of the molecule is C=C(S/C=C/Cc1cc(C)c(N)cc1C)C1COc2ccccc2O1. The summed E-state index contributed by atoms with van der Waals surface area (Å²) in [6.07, 6.45) is 2.88. The molecule has 0 aromatic heterocycles. The van der Waals surface area contributed by atoms with Gasteiger partial charge in [-0.15, -0.1) is 0 Å². The molecule has 0 amide bonds. The molecule has 3 rings (SSSR count). The topological polar surface area (TPSA) is 44.5 Å². The van der Waals surface area contributed by atoms with Crippen molar-refractivity contribution in [2.45, 2.75) is 26.4 Å². The number of allylic oxidation sites excluding steroid dienone is 1. The Kier molecular flexibility index (Phi) is 5.39. The number of fused-ring (bicyclic) bond motifs is 1. The first-order valence-corrected chi connectivity index (χ1v) is 9.17. The summed E-state index contributed by atoms with van der Waals surface area (Å²) in [6.45, 7) is 8.75. The zero-order valence-corrected chi connectivity index (χ0v) is 15.4. The van der Waals surface area contributed by atoms with Crippen molar-refractivity contribution in [2.75, 3.05) is 12.3 Å². The number of anilines is 1. The Morgan fingerprint density at radius 1 is 1.24 bits per heavy atom. The molecule has 1 atom stereocenters. The van der Waals surface area contributed by atoms with Gasteiger partial charge in [0.25, 0.3) is 0 Å². The highest BCUT2D eigenvalue weighted by atomic mass is 32.2. The molecule has 0 saturated heterocycles. The second-order valence-electron chi connectivity index (χ2n) is 6.16. The Balaban J connectivity index is 1.54. The smallest absolute Gasteiger partial charge is 0.163 e. The van der Waals surface area contributed by atoms with Crippen LogP contribution < -0.4 is 15.2 Å². The van der Waals surface area contributed by atoms with Crippen LogP contribution in [0, 0.1) is 13.8 Å². The van der Waals surface area contributed by atoms with Crippen LogP contribution in [0.4, 0.5) is 5.69 Å². The lowest BCUT2D eigenvalue weighted by Gasteiger charge is -2.27. The summed E-state index contributed by atoms with van der Waals surface area (Å²) in [5.41, 5.74) is 10.4. The van der Waals surface area contributed by atoms with Crippen LogP contribution in [0.5, 0.6) is 11.5 Å². The van der Waals surface area contributed by atoms with Crippen LogP contribution >= 0.6 is 11.8 Å². The fourth-order valence-electron chi connectivity index (χ4n) is 2.68. The van der Waals surface area contributed by atoms with Crippen LogP contribution in [0.1, 0.15) is 16.7 Å². The maximum Gasteiger partial charge on any atom is 0.163 e. The van der Waals surface area contributed by atoms with Crippen LogP contribution in [0.2, 0.25) is 0 Å². The van der Waals surface area contributed by atoms with E-state index in [1.165, 1.54) is 11.1 Å². The average molecular weight is 353 g/mol. The normalized spacial score (nSPS) is 16.2. The van der Waals surface area contributed by atoms with Gasteiger partial charge in [-0.2, -0.15) is 0 Å². The van der Waals surface area contributed by atoms with E-state index in [0.717, 1.165) is 34.1 Å². The second kappa shape index (κ2) is 7.70. The van der Waals surface area contributed by atoms with E-state index in [1.807, 2.05) is 37.3 Å². The van der Waals surface area contributed by atoms with E-state index in [0.29, 0.717) is 6.61 Å². The Bertz CT molecular complexity index is 814. The van der Waals surface area contributed by atoms with Crippen molar-refractivity contribution >= 4 is 17.4 Å². The number of nitrogens with two attached hydrogens (primary N) is 1. The van der Waals surface area contributed by atoms with Gasteiger partial charge in [-0.05, 0) is 60.6 Å². The van der Waals surface area contributed by atoms with Crippen LogP contribution in [-0.2, 0) is 6.42 Å². The second-order valence-corrected chi connectivity index (χ2v) is 7.19. The highest BCUT2D eigenvalue weighted by Crippen LogP contribution is 2.34. The van der Waals surface area contributed by atoms with Crippen molar-refractivity contribution < 1.29 is 9.47 Å². The number of hydrogen-bond acceptors (Lipinski definition) is 4. The van der Waals surface area contributed by atoms with E-state index < -0.39 is 0 Å². The summed E-state index contributed by atoms with van der Waals surface area (Å²) in [4.78, 5) is 0.941. The van der Waals surface area contributed by atoms with Gasteiger partial charge >= 0.3 is 0 Å². The summed E-state index contributed by atoms with van der Waals surface area (Å²) in [6, 6.07) is 11.9. The third-order valence-electron chi connectivity index (χ3n) is 4.25. The molecule has 1 aliphatic rings. The molecule has 0 radical (unpaired) electrons. The van der Waals surface area contributed by atoms with Gasteiger partial charge in [0.15, 0.2) is 17.6 Å². The number of ether oxygens (including phenoxy) is 2. The summed E-state index contributed by atoms with van der Waals surface area (Å²) in [5, 5.41) is 2.07. The van der Waals surface area contributed by atoms with Gasteiger partial charge in [0.1, 0.15) is 6.61 Å². The van der Waals surface area contributed by atoms with Crippen molar-refractivity contribution in [1.29, 1.82) is 0 Å². The van der Waals surface area contributed by atoms with Crippen LogP contribution in [0.15, 0.2) is 59.4 Å². The maximum atomic E-state index is 5.96. The molecule has 0 spiro atoms. The Morgan fingerprint density at radius 3 is 2.80 bits per heavy atom. The minimum absolute atomic E-state index is 0.134. The van der Waals surface area contributed by atoms with E-state index >= 15 is 0 Å². The summed E-state index contributed by atoms with van der Waals surface area (Å²) < 4.78 is 11.7. The summed E-state index contributed by atoms with van der Waals surface area (Å²) in [7, 11) is 0. The molecule has 1 aliphatic heterocycles. The third-order valence-corrected chi connectivity index (χ3v) is 5.14. The van der Waals surface area contributed by atoms with Gasteiger partial charge < -0.3 is 15.2 Å². The molecule has 1 heterocycles. The summed E-state index contributed by atoms with van der Waals surface area (Å²) in [5.74, 6) is 1.57. The van der Waals surface area contributed by atoms with E-state index in [9.17, 15) is 0 Å². The molecule has 1 unspecified atom stereocenters. The first kappa shape index (κ1) is 17.5. The number of hydrogen-bond donors (Lipinski definition) is 1. The van der Waals surface area contributed by atoms with Gasteiger partial charge in [-0.3, -0.25) is 0 Å². The van der Waals surface area contributed by atoms with Crippen molar-refractivity contribution in [1.82, 2.24) is 0 Å². The minimum Gasteiger partial charge on any atom is -0.485 e. The lowest BCUT2D eigenvalue weighted by molar-refractivity contribution is 0.121. The largest absolute Gasteiger partial charge is 0.485 e. The molecule has 25 heavy (non-hydrogen) atoms. The average Bonchev–Trinajstić information content (AvgIpc) is 2.62. The highest BCUT2D eigenvalue weighted by molar-refractivity contribution is 8.05. The predicted molar refractivity (Wildman–Crippen MR) is 106 cm³/mol. The quantitative estimate of drug-likeness (QED) is 0.766. The first-order valence-electron chi connectivity index (χ1n) is 8.29. The van der Waals surface area contributed by atoms with Crippen molar-refractivity contribution in [2.24, 2.45) is 0 Å². The number of para-hydroxylation sites is 2. The fourth-order valence-corrected chi connectivity index (χ4v) is 3.32. The molecule has 2 N–H and O–H groups in total. The molecule has 0 saturated carbocycles. The standard InChI is InChI=1S/C21H23NO2S/c1-14-12-18(22)15(2)11-17(14)7-6-10-25-16(3)21-13-23-19-8-4-5-9-20(19)24-21/h4-6,8-12,21H,3,7,13,22H2,1-2H3/b10-6+. The molecular formula is C21H23NO2S. The lowest BCUT2D eigenvalue weighted by atomic mass is 10.0. The molecular weight excluding hydrogens is 330 g/mol. The molecule has 3 nitrogen and oxygen atoms in total. The highest BCUT2D eigenvalue weighted by Gasteiger charge is 2.22. The number of nitrogen functional groups attached to an aromatic ring is 1. The zero-order valence-electron chi connectivity index (χ0n) is 14.6. The van der Waals surface area contributed by atoms with E-state index in [4.69, 9.17) is 15.2 Å². The third kappa shape index (κ3) is 4.20. The molecule has 130 valence electrons. The van der Waals surface area contributed by atoms with Crippen molar-refractivity contribution in [3.05, 3.63) is 76.1 Å². The Morgan fingerprint density at radius 2 is 2.00 bits per heavy atom. The molecule has 2 aromatic rings. The van der Waals surface area contributed by atoms with Gasteiger partial charge in [-0.1, -0.05) is 42.6 Å². The van der Waals surface area contributed by atoms with Crippen molar-refractivity contribution in [3.63, 3.8) is 0 Å². The number of rotatable bonds is 5. The lowest BCUT2D eigenvalue weighted by Crippen LogP contribution is -2.29. The van der Waals surface area contributed by atoms with Gasteiger partial charge in [0, 0.05) is 10.6 Å². The summed E-state index contributed by atoms with van der Waals surface area (Å²) >= 11 is 1.59. The number of benzene rings is 2. The Labute approximate surface area is 153 Å². The first-order chi connectivity index (χ1) is 12.0. The van der Waals surface area contributed by atoms with Gasteiger partial charge in [0.05, 0.1) is 0 Å². The monoisotopic (exact) mass is 353 g/mol. The Hall–Kier alpha value is -2.33. The molecule has 4 heteroatoms. The van der Waals surface area contributed by atoms with Crippen LogP contribution in [0.25, 0.3) is 0 Å². The predicted octanol–water partition coefficient (Wildman–Crippen LogP) is 5.03. The number of thioether (sulfide) groups is 1. The van der Waals surface area contributed by atoms with E-state index in [-0.39, 0.29) is 6.10 Å². The minimum atomic E-state index is -0.134. The molecule has 0 fully saturated rings.